The highest BCUT2D eigenvalue weighted by molar-refractivity contribution is 7.99. The normalized spacial score (nSPS) is 25.1. The molecule has 3 N–H and O–H groups in total. The predicted molar refractivity (Wildman–Crippen MR) is 151 cm³/mol. The van der Waals surface area contributed by atoms with Crippen LogP contribution in [-0.2, 0) is 11.4 Å². The van der Waals surface area contributed by atoms with Crippen LogP contribution in [-0.4, -0.2) is 80.4 Å². The topological polar surface area (TPSA) is 133 Å². The summed E-state index contributed by atoms with van der Waals surface area (Å²) in [6.45, 7) is 1.48. The smallest absolute Gasteiger partial charge is 0.243 e. The SMILES string of the molecule is [2H]C1([2H])C([2H])([2H])C([2H])([2H])C([2H])(Sc2nnc(COc3cc(F)c(/C(C=N)=N/NCC(=O)N4CCNCC4)cc3F)n2-c2cccnc2)C1([2H])[2H]. The van der Waals surface area contributed by atoms with Gasteiger partial charge in [-0.3, -0.25) is 19.8 Å². The van der Waals surface area contributed by atoms with E-state index in [1.807, 2.05) is 0 Å². The monoisotopic (exact) mass is 592 g/mol. The summed E-state index contributed by atoms with van der Waals surface area (Å²) in [6, 6.07) is 4.45. The molecule has 1 aromatic carbocycles. The van der Waals surface area contributed by atoms with E-state index in [4.69, 9.17) is 22.5 Å². The Hall–Kier alpha value is -3.91. The Morgan fingerprint density at radius 3 is 2.83 bits per heavy atom. The molecule has 1 aliphatic heterocycles. The first-order valence-corrected chi connectivity index (χ1v) is 13.2. The highest BCUT2D eigenvalue weighted by atomic mass is 32.2. The van der Waals surface area contributed by atoms with Gasteiger partial charge >= 0.3 is 0 Å². The second-order valence-corrected chi connectivity index (χ2v) is 9.51. The van der Waals surface area contributed by atoms with Crippen molar-refractivity contribution in [3.63, 3.8) is 0 Å². The molecule has 0 unspecified atom stereocenters. The lowest BCUT2D eigenvalue weighted by molar-refractivity contribution is -0.130. The van der Waals surface area contributed by atoms with Crippen LogP contribution in [0.4, 0.5) is 8.78 Å². The average Bonchev–Trinajstić information content (AvgIpc) is 3.50. The molecule has 5 rings (SSSR count). The lowest BCUT2D eigenvalue weighted by Crippen LogP contribution is -2.48. The molecule has 3 aromatic rings. The van der Waals surface area contributed by atoms with E-state index in [0.717, 1.165) is 6.07 Å². The summed E-state index contributed by atoms with van der Waals surface area (Å²) < 4.78 is 112. The van der Waals surface area contributed by atoms with Crippen LogP contribution in [0, 0.1) is 17.0 Å². The van der Waals surface area contributed by atoms with Crippen molar-refractivity contribution < 1.29 is 30.6 Å². The standard InChI is InChI=1S/C27H31F2N9O2S/c28-21-13-24(22(29)12-20(21)23(14-30)34-33-16-26(39)37-10-8-31-9-11-37)40-17-25-35-36-27(41-19-5-1-2-6-19)38(25)18-4-3-7-32-15-18/h3-4,7,12-15,19,30-31,33H,1-2,5-6,8-11,16-17H2/b30-14?,34-23+/i1D2,2D2,5D2,6D2,19D. The van der Waals surface area contributed by atoms with Gasteiger partial charge in [-0.15, -0.1) is 10.2 Å². The minimum atomic E-state index is -3.43. The molecule has 2 aliphatic rings. The third kappa shape index (κ3) is 7.06. The molecule has 14 heteroatoms. The number of hydrazone groups is 1. The number of nitrogens with one attached hydrogen (secondary N) is 3. The van der Waals surface area contributed by atoms with Crippen molar-refractivity contribution >= 4 is 29.6 Å². The first kappa shape index (κ1) is 19.3. The molecule has 3 heterocycles. The number of thioether (sulfide) groups is 1. The van der Waals surface area contributed by atoms with Crippen LogP contribution in [0.15, 0.2) is 46.9 Å². The molecular weight excluding hydrogens is 552 g/mol. The van der Waals surface area contributed by atoms with Crippen molar-refractivity contribution in [2.24, 2.45) is 5.10 Å². The number of carbonyl (C=O) groups is 1. The lowest BCUT2D eigenvalue weighted by atomic mass is 10.1. The van der Waals surface area contributed by atoms with Crippen molar-refractivity contribution in [1.29, 1.82) is 5.41 Å². The number of carbonyl (C=O) groups excluding carboxylic acids is 1. The zero-order chi connectivity index (χ0) is 36.7. The van der Waals surface area contributed by atoms with E-state index in [9.17, 15) is 4.79 Å². The first-order valence-electron chi connectivity index (χ1n) is 16.9. The molecule has 2 aromatic heterocycles. The average molecular weight is 593 g/mol. The molecule has 11 nitrogen and oxygen atoms in total. The zero-order valence-corrected chi connectivity index (χ0v) is 22.3. The van der Waals surface area contributed by atoms with E-state index < -0.39 is 60.3 Å². The summed E-state index contributed by atoms with van der Waals surface area (Å²) in [7, 11) is 0. The molecule has 1 amide bonds. The molecule has 0 atom stereocenters. The van der Waals surface area contributed by atoms with E-state index in [-0.39, 0.29) is 46.6 Å². The van der Waals surface area contributed by atoms with Gasteiger partial charge in [0.05, 0.1) is 11.9 Å². The van der Waals surface area contributed by atoms with Crippen molar-refractivity contribution in [2.75, 3.05) is 32.7 Å². The summed E-state index contributed by atoms with van der Waals surface area (Å²) in [5, 5.41) is 19.0. The fraction of sp³-hybridized carbons (Fsp3) is 0.407. The minimum absolute atomic E-state index is 0.107. The maximum Gasteiger partial charge on any atom is 0.243 e. The van der Waals surface area contributed by atoms with Gasteiger partial charge in [-0.05, 0) is 30.9 Å². The quantitative estimate of drug-likeness (QED) is 0.229. The van der Waals surface area contributed by atoms with Crippen LogP contribution in [0.5, 0.6) is 5.75 Å². The fourth-order valence-electron chi connectivity index (χ4n) is 3.92. The lowest BCUT2D eigenvalue weighted by Gasteiger charge is -2.27. The van der Waals surface area contributed by atoms with Gasteiger partial charge in [0.2, 0.25) is 5.91 Å². The molecule has 41 heavy (non-hydrogen) atoms. The molecule has 0 radical (unpaired) electrons. The van der Waals surface area contributed by atoms with E-state index in [1.165, 1.54) is 29.1 Å². The summed E-state index contributed by atoms with van der Waals surface area (Å²) in [6.07, 6.45) is -10.2. The van der Waals surface area contributed by atoms with E-state index in [2.05, 4.69) is 31.0 Å². The largest absolute Gasteiger partial charge is 0.482 e. The molecule has 0 spiro atoms. The third-order valence-corrected chi connectivity index (χ3v) is 6.76. The third-order valence-electron chi connectivity index (χ3n) is 5.90. The number of hydrogen-bond acceptors (Lipinski definition) is 10. The summed E-state index contributed by atoms with van der Waals surface area (Å²) in [5.74, 6) is -3.05. The highest BCUT2D eigenvalue weighted by Gasteiger charge is 2.23. The van der Waals surface area contributed by atoms with Crippen LogP contribution in [0.2, 0.25) is 0 Å². The Morgan fingerprint density at radius 2 is 2.10 bits per heavy atom. The van der Waals surface area contributed by atoms with Crippen LogP contribution < -0.4 is 15.5 Å². The van der Waals surface area contributed by atoms with Gasteiger partial charge in [0.1, 0.15) is 24.7 Å². The number of aromatic nitrogens is 4. The number of benzene rings is 1. The molecule has 1 saturated heterocycles. The van der Waals surface area contributed by atoms with Crippen molar-refractivity contribution in [3.8, 4) is 11.4 Å². The Morgan fingerprint density at radius 1 is 1.29 bits per heavy atom. The van der Waals surface area contributed by atoms with Crippen LogP contribution >= 0.6 is 11.8 Å². The Bertz CT molecular complexity index is 1770. The number of halogens is 2. The number of pyridine rings is 1. The molecule has 216 valence electrons. The molecule has 2 fully saturated rings. The molecule has 1 saturated carbocycles. The van der Waals surface area contributed by atoms with E-state index >= 15 is 8.78 Å². The van der Waals surface area contributed by atoms with Gasteiger partial charge in [0, 0.05) is 67.8 Å². The maximum absolute atomic E-state index is 15.2. The van der Waals surface area contributed by atoms with Crippen molar-refractivity contribution in [1.82, 2.24) is 35.4 Å². The van der Waals surface area contributed by atoms with Gasteiger partial charge in [0.25, 0.3) is 0 Å². The van der Waals surface area contributed by atoms with Crippen LogP contribution in [0.25, 0.3) is 5.69 Å². The second-order valence-electron chi connectivity index (χ2n) is 8.53. The zero-order valence-electron chi connectivity index (χ0n) is 30.4. The van der Waals surface area contributed by atoms with Gasteiger partial charge in [-0.1, -0.05) is 24.5 Å². The first-order chi connectivity index (χ1) is 23.4. The fourth-order valence-corrected chi connectivity index (χ4v) is 4.69. The number of rotatable bonds is 11. The van der Waals surface area contributed by atoms with E-state index in [0.29, 0.717) is 38.5 Å². The minimum Gasteiger partial charge on any atom is -0.482 e. The van der Waals surface area contributed by atoms with Crippen molar-refractivity contribution in [2.45, 2.75) is 42.5 Å². The van der Waals surface area contributed by atoms with Crippen LogP contribution in [0.3, 0.4) is 0 Å². The Kier molecular flexibility index (Phi) is 6.40. The molecule has 0 bridgehead atoms. The van der Waals surface area contributed by atoms with Gasteiger partial charge in [0.15, 0.2) is 22.5 Å². The van der Waals surface area contributed by atoms with Crippen LogP contribution in [0.1, 0.15) is 49.2 Å². The number of hydrogen-bond donors (Lipinski definition) is 3. The number of piperazine rings is 1. The van der Waals surface area contributed by atoms with E-state index in [1.54, 1.807) is 4.90 Å². The maximum atomic E-state index is 15.2. The Labute approximate surface area is 252 Å². The summed E-state index contributed by atoms with van der Waals surface area (Å²) in [4.78, 5) is 18.0. The summed E-state index contributed by atoms with van der Waals surface area (Å²) >= 11 is 0.107. The Balaban J connectivity index is 1.39. The summed E-state index contributed by atoms with van der Waals surface area (Å²) in [5.41, 5.74) is 1.99. The van der Waals surface area contributed by atoms with Gasteiger partial charge in [-0.2, -0.15) is 5.10 Å². The van der Waals surface area contributed by atoms with Gasteiger partial charge < -0.3 is 20.4 Å². The molecule has 1 aliphatic carbocycles. The molecular formula is C27H31F2N9O2S. The highest BCUT2D eigenvalue weighted by Crippen LogP contribution is 2.35. The number of amides is 1. The number of nitrogens with zero attached hydrogens (tertiary/aromatic N) is 6. The van der Waals surface area contributed by atoms with Gasteiger partial charge in [-0.25, -0.2) is 8.78 Å². The van der Waals surface area contributed by atoms with Crippen molar-refractivity contribution in [3.05, 3.63) is 59.7 Å². The number of ether oxygens (including phenoxy) is 1. The predicted octanol–water partition coefficient (Wildman–Crippen LogP) is 2.93. The second kappa shape index (κ2) is 13.6.